The van der Waals surface area contributed by atoms with Crippen molar-refractivity contribution >= 4 is 23.4 Å². The predicted molar refractivity (Wildman–Crippen MR) is 86.3 cm³/mol. The van der Waals surface area contributed by atoms with E-state index in [-0.39, 0.29) is 18.0 Å². The first-order valence-corrected chi connectivity index (χ1v) is 6.34. The molecule has 1 heterocycles. The number of fused-ring (bicyclic) bond motifs is 1. The van der Waals surface area contributed by atoms with Gasteiger partial charge in [-0.1, -0.05) is 11.8 Å². The lowest BCUT2D eigenvalue weighted by Gasteiger charge is -2.05. The van der Waals surface area contributed by atoms with E-state index in [4.69, 9.17) is 9.15 Å². The molecule has 0 aliphatic heterocycles. The summed E-state index contributed by atoms with van der Waals surface area (Å²) in [6.45, 7) is 2.90. The molecule has 0 saturated heterocycles. The Morgan fingerprint density at radius 3 is 2.71 bits per heavy atom. The largest absolute Gasteiger partial charge is 0.481 e. The maximum Gasteiger partial charge on any atom is 0.336 e. The molecule has 0 aliphatic rings. The predicted octanol–water partition coefficient (Wildman–Crippen LogP) is 2.47. The van der Waals surface area contributed by atoms with E-state index in [0.29, 0.717) is 24.5 Å². The van der Waals surface area contributed by atoms with Gasteiger partial charge in [-0.25, -0.2) is 4.79 Å². The summed E-state index contributed by atoms with van der Waals surface area (Å²) in [7, 11) is 3.92. The van der Waals surface area contributed by atoms with Gasteiger partial charge in [-0.2, -0.15) is 0 Å². The lowest BCUT2D eigenvalue weighted by molar-refractivity contribution is 0.369. The van der Waals surface area contributed by atoms with Crippen LogP contribution in [0, 0.1) is 18.8 Å². The average Bonchev–Trinajstić information content (AvgIpc) is 2.37. The molecule has 21 heavy (non-hydrogen) atoms. The SMILES string of the molecule is Cc1cc(=O)oc2cc(OCC#CCN(C)C)ccc12.Cl. The second-order valence-corrected chi connectivity index (χ2v) is 4.79. The molecule has 0 bridgehead atoms. The summed E-state index contributed by atoms with van der Waals surface area (Å²) >= 11 is 0. The molecular formula is C16H18ClNO3. The molecule has 0 N–H and O–H groups in total. The Morgan fingerprint density at radius 2 is 2.00 bits per heavy atom. The molecule has 4 nitrogen and oxygen atoms in total. The number of aryl methyl sites for hydroxylation is 1. The van der Waals surface area contributed by atoms with E-state index in [1.54, 1.807) is 6.07 Å². The van der Waals surface area contributed by atoms with Gasteiger partial charge in [0, 0.05) is 17.5 Å². The molecule has 0 radical (unpaired) electrons. The van der Waals surface area contributed by atoms with Gasteiger partial charge < -0.3 is 9.15 Å². The van der Waals surface area contributed by atoms with E-state index in [1.807, 2.05) is 38.1 Å². The van der Waals surface area contributed by atoms with Crippen LogP contribution in [0.1, 0.15) is 5.56 Å². The van der Waals surface area contributed by atoms with Crippen molar-refractivity contribution in [2.24, 2.45) is 0 Å². The van der Waals surface area contributed by atoms with Crippen molar-refractivity contribution in [3.05, 3.63) is 40.2 Å². The van der Waals surface area contributed by atoms with E-state index >= 15 is 0 Å². The van der Waals surface area contributed by atoms with Crippen molar-refractivity contribution < 1.29 is 9.15 Å². The zero-order valence-corrected chi connectivity index (χ0v) is 13.1. The van der Waals surface area contributed by atoms with Crippen LogP contribution in [0.5, 0.6) is 5.75 Å². The second kappa shape index (κ2) is 7.72. The molecule has 0 spiro atoms. The summed E-state index contributed by atoms with van der Waals surface area (Å²) in [5.74, 6) is 6.56. The molecular weight excluding hydrogens is 290 g/mol. The van der Waals surface area contributed by atoms with Crippen LogP contribution in [-0.2, 0) is 0 Å². The van der Waals surface area contributed by atoms with Crippen LogP contribution in [0.15, 0.2) is 33.5 Å². The molecule has 0 aliphatic carbocycles. The maximum absolute atomic E-state index is 11.3. The van der Waals surface area contributed by atoms with Crippen molar-refractivity contribution in [3.8, 4) is 17.6 Å². The fourth-order valence-electron chi connectivity index (χ4n) is 1.78. The van der Waals surface area contributed by atoms with Gasteiger partial charge in [-0.05, 0) is 38.7 Å². The van der Waals surface area contributed by atoms with Crippen LogP contribution >= 0.6 is 12.4 Å². The zero-order chi connectivity index (χ0) is 14.5. The Balaban J connectivity index is 0.00000220. The molecule has 2 aromatic rings. The number of rotatable bonds is 3. The van der Waals surface area contributed by atoms with Gasteiger partial charge in [-0.15, -0.1) is 12.4 Å². The number of hydrogen-bond donors (Lipinski definition) is 0. The first-order valence-electron chi connectivity index (χ1n) is 6.34. The first kappa shape index (κ1) is 17.1. The average molecular weight is 308 g/mol. The van der Waals surface area contributed by atoms with Gasteiger partial charge in [-0.3, -0.25) is 4.90 Å². The molecule has 112 valence electrons. The van der Waals surface area contributed by atoms with Gasteiger partial charge in [0.2, 0.25) is 0 Å². The maximum atomic E-state index is 11.3. The lowest BCUT2D eigenvalue weighted by atomic mass is 10.1. The van der Waals surface area contributed by atoms with Crippen molar-refractivity contribution in [1.29, 1.82) is 0 Å². The third kappa shape index (κ3) is 4.82. The Kier molecular flexibility index (Phi) is 6.29. The fraction of sp³-hybridized carbons (Fsp3) is 0.312. The van der Waals surface area contributed by atoms with Crippen molar-refractivity contribution in [3.63, 3.8) is 0 Å². The summed E-state index contributed by atoms with van der Waals surface area (Å²) in [4.78, 5) is 13.3. The topological polar surface area (TPSA) is 42.7 Å². The van der Waals surface area contributed by atoms with E-state index in [1.165, 1.54) is 6.07 Å². The van der Waals surface area contributed by atoms with Crippen molar-refractivity contribution in [2.45, 2.75) is 6.92 Å². The molecule has 0 saturated carbocycles. The Morgan fingerprint density at radius 1 is 1.24 bits per heavy atom. The molecule has 0 fully saturated rings. The van der Waals surface area contributed by atoms with Crippen LogP contribution in [-0.4, -0.2) is 32.1 Å². The van der Waals surface area contributed by atoms with Crippen LogP contribution < -0.4 is 10.4 Å². The zero-order valence-electron chi connectivity index (χ0n) is 12.3. The van der Waals surface area contributed by atoms with Crippen molar-refractivity contribution in [2.75, 3.05) is 27.2 Å². The summed E-state index contributed by atoms with van der Waals surface area (Å²) in [5.41, 5.74) is 1.08. The smallest absolute Gasteiger partial charge is 0.336 e. The highest BCUT2D eigenvalue weighted by atomic mass is 35.5. The highest BCUT2D eigenvalue weighted by Crippen LogP contribution is 2.21. The van der Waals surface area contributed by atoms with E-state index < -0.39 is 0 Å². The number of nitrogens with zero attached hydrogens (tertiary/aromatic N) is 1. The number of halogens is 1. The fourth-order valence-corrected chi connectivity index (χ4v) is 1.78. The van der Waals surface area contributed by atoms with E-state index in [2.05, 4.69) is 11.8 Å². The molecule has 0 atom stereocenters. The third-order valence-electron chi connectivity index (χ3n) is 2.75. The normalized spacial score (nSPS) is 9.90. The molecule has 1 aromatic carbocycles. The van der Waals surface area contributed by atoms with Gasteiger partial charge in [0.25, 0.3) is 0 Å². The minimum atomic E-state index is -0.349. The van der Waals surface area contributed by atoms with Gasteiger partial charge >= 0.3 is 5.63 Å². The van der Waals surface area contributed by atoms with Crippen molar-refractivity contribution in [1.82, 2.24) is 4.90 Å². The van der Waals surface area contributed by atoms with Gasteiger partial charge in [0.05, 0.1) is 6.54 Å². The monoisotopic (exact) mass is 307 g/mol. The van der Waals surface area contributed by atoms with Crippen LogP contribution in [0.25, 0.3) is 11.0 Å². The first-order chi connectivity index (χ1) is 9.56. The lowest BCUT2D eigenvalue weighted by Crippen LogP contribution is -2.11. The highest BCUT2D eigenvalue weighted by Gasteiger charge is 2.03. The summed E-state index contributed by atoms with van der Waals surface area (Å²) in [6, 6.07) is 6.94. The standard InChI is InChI=1S/C16H17NO3.ClH/c1-12-10-16(18)20-15-11-13(6-7-14(12)15)19-9-5-4-8-17(2)3;/h6-7,10-11H,8-9H2,1-3H3;1H. The summed E-state index contributed by atoms with van der Waals surface area (Å²) in [6.07, 6.45) is 0. The molecule has 0 unspecified atom stereocenters. The number of ether oxygens (including phenoxy) is 1. The Bertz CT molecular complexity index is 726. The number of benzene rings is 1. The Hall–Kier alpha value is -1.96. The third-order valence-corrected chi connectivity index (χ3v) is 2.75. The molecule has 0 amide bonds. The highest BCUT2D eigenvalue weighted by molar-refractivity contribution is 5.85. The summed E-state index contributed by atoms with van der Waals surface area (Å²) in [5, 5.41) is 0.913. The van der Waals surface area contributed by atoms with E-state index in [9.17, 15) is 4.79 Å². The second-order valence-electron chi connectivity index (χ2n) is 4.79. The van der Waals surface area contributed by atoms with Gasteiger partial charge in [0.15, 0.2) is 0 Å². The van der Waals surface area contributed by atoms with Crippen LogP contribution in [0.3, 0.4) is 0 Å². The van der Waals surface area contributed by atoms with Crippen LogP contribution in [0.4, 0.5) is 0 Å². The molecule has 2 rings (SSSR count). The quantitative estimate of drug-likeness (QED) is 0.645. The minimum Gasteiger partial charge on any atom is -0.481 e. The minimum absolute atomic E-state index is 0. The molecule has 5 heteroatoms. The van der Waals surface area contributed by atoms with Crippen LogP contribution in [0.2, 0.25) is 0 Å². The number of hydrogen-bond acceptors (Lipinski definition) is 4. The Labute approximate surface area is 130 Å². The van der Waals surface area contributed by atoms with E-state index in [0.717, 1.165) is 10.9 Å². The molecule has 1 aromatic heterocycles. The summed E-state index contributed by atoms with van der Waals surface area (Å²) < 4.78 is 10.7. The van der Waals surface area contributed by atoms with Gasteiger partial charge in [0.1, 0.15) is 17.9 Å².